The number of halogens is 2. The second kappa shape index (κ2) is 6.52. The smallest absolute Gasteiger partial charge is 0.261 e. The highest BCUT2D eigenvalue weighted by molar-refractivity contribution is 5.87. The van der Waals surface area contributed by atoms with Crippen LogP contribution in [0.4, 0.5) is 8.78 Å². The third kappa shape index (κ3) is 4.65. The summed E-state index contributed by atoms with van der Waals surface area (Å²) < 4.78 is 28.0. The number of Topliss-reactive ketones (excluding diaryl/α,β-unsaturated/α-hetero) is 1. The molecule has 0 bridgehead atoms. The quantitative estimate of drug-likeness (QED) is 0.664. The molecule has 1 saturated heterocycles. The summed E-state index contributed by atoms with van der Waals surface area (Å²) in [6, 6.07) is 0. The molecule has 0 aromatic rings. The van der Waals surface area contributed by atoms with E-state index in [9.17, 15) is 18.4 Å². The van der Waals surface area contributed by atoms with Crippen LogP contribution in [-0.2, 0) is 14.3 Å². The number of hydrogen-bond acceptors (Lipinski definition) is 3. The lowest BCUT2D eigenvalue weighted by Crippen LogP contribution is -2.40. The van der Waals surface area contributed by atoms with E-state index in [0.29, 0.717) is 19.4 Å². The van der Waals surface area contributed by atoms with Gasteiger partial charge in [0.05, 0.1) is 19.6 Å². The fraction of sp³-hybridized carbons (Fsp3) is 0.800. The van der Waals surface area contributed by atoms with E-state index in [0.717, 1.165) is 0 Å². The molecule has 0 saturated carbocycles. The van der Waals surface area contributed by atoms with Gasteiger partial charge in [0, 0.05) is 13.0 Å². The van der Waals surface area contributed by atoms with Crippen LogP contribution in [0.15, 0.2) is 0 Å². The molecule has 0 spiro atoms. The fourth-order valence-electron chi connectivity index (χ4n) is 1.54. The van der Waals surface area contributed by atoms with Crippen LogP contribution in [-0.4, -0.2) is 49.3 Å². The maximum absolute atomic E-state index is 11.7. The summed E-state index contributed by atoms with van der Waals surface area (Å²) in [6.07, 6.45) is -1.25. The van der Waals surface area contributed by atoms with Crippen molar-refractivity contribution in [2.45, 2.75) is 25.7 Å². The van der Waals surface area contributed by atoms with E-state index < -0.39 is 13.0 Å². The molecule has 0 radical (unpaired) electrons. The Bertz CT molecular complexity index is 258. The van der Waals surface area contributed by atoms with Crippen molar-refractivity contribution in [3.63, 3.8) is 0 Å². The molecule has 1 heterocycles. The molecular formula is C10H15F2NO3. The lowest BCUT2D eigenvalue weighted by atomic mass is 10.1. The van der Waals surface area contributed by atoms with Gasteiger partial charge in [-0.3, -0.25) is 9.59 Å². The van der Waals surface area contributed by atoms with Gasteiger partial charge < -0.3 is 9.64 Å². The molecule has 1 amide bonds. The van der Waals surface area contributed by atoms with E-state index in [1.807, 2.05) is 0 Å². The molecule has 0 aromatic heterocycles. The van der Waals surface area contributed by atoms with Gasteiger partial charge in [-0.05, 0) is 6.42 Å². The molecule has 0 atom stereocenters. The average Bonchev–Trinajstić information content (AvgIpc) is 2.24. The zero-order chi connectivity index (χ0) is 12.0. The highest BCUT2D eigenvalue weighted by Crippen LogP contribution is 2.07. The van der Waals surface area contributed by atoms with Crippen LogP contribution >= 0.6 is 0 Å². The number of piperidine rings is 1. The topological polar surface area (TPSA) is 46.6 Å². The molecule has 0 aliphatic carbocycles. The Morgan fingerprint density at radius 3 is 2.88 bits per heavy atom. The number of amides is 1. The first-order valence-electron chi connectivity index (χ1n) is 5.25. The first-order valence-corrected chi connectivity index (χ1v) is 5.25. The molecule has 1 rings (SSSR count). The van der Waals surface area contributed by atoms with E-state index in [1.165, 1.54) is 4.90 Å². The van der Waals surface area contributed by atoms with Crippen LogP contribution in [0.2, 0.25) is 0 Å². The molecule has 1 aliphatic heterocycles. The van der Waals surface area contributed by atoms with Crippen molar-refractivity contribution in [1.29, 1.82) is 0 Å². The van der Waals surface area contributed by atoms with Gasteiger partial charge in [-0.1, -0.05) is 0 Å². The number of ketones is 1. The van der Waals surface area contributed by atoms with Gasteiger partial charge in [0.2, 0.25) is 5.91 Å². The SMILES string of the molecule is O=C1CCCN(C(=O)CCOCC(F)F)C1. The van der Waals surface area contributed by atoms with Crippen LogP contribution < -0.4 is 0 Å². The van der Waals surface area contributed by atoms with Gasteiger partial charge in [0.1, 0.15) is 6.61 Å². The minimum atomic E-state index is -2.51. The van der Waals surface area contributed by atoms with E-state index >= 15 is 0 Å². The summed E-state index contributed by atoms with van der Waals surface area (Å²) in [4.78, 5) is 24.0. The van der Waals surface area contributed by atoms with E-state index in [4.69, 9.17) is 0 Å². The largest absolute Gasteiger partial charge is 0.375 e. The Morgan fingerprint density at radius 1 is 1.50 bits per heavy atom. The predicted molar refractivity (Wildman–Crippen MR) is 52.3 cm³/mol. The lowest BCUT2D eigenvalue weighted by Gasteiger charge is -2.25. The number of hydrogen-bond donors (Lipinski definition) is 0. The molecule has 16 heavy (non-hydrogen) atoms. The second-order valence-electron chi connectivity index (χ2n) is 3.67. The standard InChI is InChI=1S/C10H15F2NO3/c11-9(12)7-16-5-3-10(15)13-4-1-2-8(14)6-13/h9H,1-7H2. The second-order valence-corrected chi connectivity index (χ2v) is 3.67. The van der Waals surface area contributed by atoms with Crippen molar-refractivity contribution >= 4 is 11.7 Å². The molecule has 4 nitrogen and oxygen atoms in total. The maximum atomic E-state index is 11.7. The molecule has 0 unspecified atom stereocenters. The van der Waals surface area contributed by atoms with Crippen LogP contribution in [0.1, 0.15) is 19.3 Å². The number of ether oxygens (including phenoxy) is 1. The summed E-state index contributed by atoms with van der Waals surface area (Å²) >= 11 is 0. The Kier molecular flexibility index (Phi) is 5.31. The minimum Gasteiger partial charge on any atom is -0.375 e. The molecule has 0 N–H and O–H groups in total. The number of likely N-dealkylation sites (tertiary alicyclic amines) is 1. The normalized spacial score (nSPS) is 16.9. The molecule has 1 fully saturated rings. The molecule has 92 valence electrons. The van der Waals surface area contributed by atoms with Crippen LogP contribution in [0, 0.1) is 0 Å². The number of carbonyl (C=O) groups is 2. The van der Waals surface area contributed by atoms with Crippen LogP contribution in [0.25, 0.3) is 0 Å². The summed E-state index contributed by atoms with van der Waals surface area (Å²) in [5.74, 6) is -0.157. The van der Waals surface area contributed by atoms with Crippen LogP contribution in [0.5, 0.6) is 0 Å². The number of alkyl halides is 2. The number of carbonyl (C=O) groups excluding carboxylic acids is 2. The average molecular weight is 235 g/mol. The number of nitrogens with zero attached hydrogens (tertiary/aromatic N) is 1. The summed E-state index contributed by atoms with van der Waals surface area (Å²) in [7, 11) is 0. The Morgan fingerprint density at radius 2 is 2.25 bits per heavy atom. The van der Waals surface area contributed by atoms with Gasteiger partial charge in [-0.2, -0.15) is 0 Å². The first kappa shape index (κ1) is 13.0. The van der Waals surface area contributed by atoms with Crippen molar-refractivity contribution < 1.29 is 23.1 Å². The van der Waals surface area contributed by atoms with Crippen LogP contribution in [0.3, 0.4) is 0 Å². The third-order valence-electron chi connectivity index (χ3n) is 2.31. The lowest BCUT2D eigenvalue weighted by molar-refractivity contribution is -0.138. The fourth-order valence-corrected chi connectivity index (χ4v) is 1.54. The van der Waals surface area contributed by atoms with E-state index in [2.05, 4.69) is 4.74 Å². The molecule has 0 aromatic carbocycles. The Labute approximate surface area is 92.5 Å². The van der Waals surface area contributed by atoms with E-state index in [-0.39, 0.29) is 31.3 Å². The first-order chi connectivity index (χ1) is 7.59. The monoisotopic (exact) mass is 235 g/mol. The van der Waals surface area contributed by atoms with Gasteiger partial charge in [-0.15, -0.1) is 0 Å². The highest BCUT2D eigenvalue weighted by atomic mass is 19.3. The highest BCUT2D eigenvalue weighted by Gasteiger charge is 2.20. The van der Waals surface area contributed by atoms with Crippen molar-refractivity contribution in [3.8, 4) is 0 Å². The zero-order valence-corrected chi connectivity index (χ0v) is 8.95. The molecular weight excluding hydrogens is 220 g/mol. The molecule has 1 aliphatic rings. The maximum Gasteiger partial charge on any atom is 0.261 e. The predicted octanol–water partition coefficient (Wildman–Crippen LogP) is 0.850. The van der Waals surface area contributed by atoms with Crippen molar-refractivity contribution in [1.82, 2.24) is 4.90 Å². The molecule has 6 heteroatoms. The van der Waals surface area contributed by atoms with Gasteiger partial charge in [0.25, 0.3) is 6.43 Å². The minimum absolute atomic E-state index is 0.0200. The summed E-state index contributed by atoms with van der Waals surface area (Å²) in [6.45, 7) is 0.0488. The number of rotatable bonds is 5. The van der Waals surface area contributed by atoms with Crippen molar-refractivity contribution in [2.75, 3.05) is 26.3 Å². The van der Waals surface area contributed by atoms with Gasteiger partial charge in [-0.25, -0.2) is 8.78 Å². The summed E-state index contributed by atoms with van der Waals surface area (Å²) in [5, 5.41) is 0. The van der Waals surface area contributed by atoms with Crippen molar-refractivity contribution in [3.05, 3.63) is 0 Å². The Hall–Kier alpha value is -1.04. The van der Waals surface area contributed by atoms with Gasteiger partial charge >= 0.3 is 0 Å². The van der Waals surface area contributed by atoms with Crippen molar-refractivity contribution in [2.24, 2.45) is 0 Å². The van der Waals surface area contributed by atoms with E-state index in [1.54, 1.807) is 0 Å². The third-order valence-corrected chi connectivity index (χ3v) is 2.31. The zero-order valence-electron chi connectivity index (χ0n) is 8.95. The Balaban J connectivity index is 2.16. The summed E-state index contributed by atoms with van der Waals surface area (Å²) in [5.41, 5.74) is 0. The van der Waals surface area contributed by atoms with Gasteiger partial charge in [0.15, 0.2) is 5.78 Å².